The van der Waals surface area contributed by atoms with Crippen LogP contribution in [-0.2, 0) is 0 Å². The monoisotopic (exact) mass is 139 g/mol. The van der Waals surface area contributed by atoms with Crippen molar-refractivity contribution in [1.82, 2.24) is 0 Å². The Morgan fingerprint density at radius 2 is 2.50 bits per heavy atom. The number of hydrogen-bond donors (Lipinski definition) is 2. The molecule has 3 N–H and O–H groups in total. The van der Waals surface area contributed by atoms with Gasteiger partial charge in [-0.2, -0.15) is 0 Å². The molecule has 0 unspecified atom stereocenters. The average Bonchev–Trinajstić information content (AvgIpc) is 2.30. The van der Waals surface area contributed by atoms with Gasteiger partial charge in [0.1, 0.15) is 0 Å². The van der Waals surface area contributed by atoms with Gasteiger partial charge in [-0.15, -0.1) is 0 Å². The number of fused-ring (bicyclic) bond motifs is 1. The minimum absolute atomic E-state index is 0.426. The fourth-order valence-electron chi connectivity index (χ4n) is 2.17. The molecule has 0 aromatic rings. The maximum atomic E-state index is 9.72. The summed E-state index contributed by atoms with van der Waals surface area (Å²) in [5.41, 5.74) is 4.93. The molecule has 2 heteroatoms. The van der Waals surface area contributed by atoms with E-state index in [0.29, 0.717) is 18.4 Å². The lowest BCUT2D eigenvalue weighted by atomic mass is 9.63. The van der Waals surface area contributed by atoms with E-state index in [0.717, 1.165) is 12.8 Å². The van der Waals surface area contributed by atoms with Gasteiger partial charge in [0, 0.05) is 6.54 Å². The third-order valence-electron chi connectivity index (χ3n) is 2.92. The molecule has 0 heterocycles. The molecule has 1 saturated carbocycles. The van der Waals surface area contributed by atoms with Gasteiger partial charge in [-0.1, -0.05) is 12.2 Å². The normalized spacial score (nSPS) is 50.6. The molecule has 2 aliphatic carbocycles. The molecule has 0 aliphatic heterocycles. The molecule has 0 bridgehead atoms. The van der Waals surface area contributed by atoms with E-state index in [1.807, 2.05) is 0 Å². The Morgan fingerprint density at radius 3 is 3.10 bits per heavy atom. The molecule has 3 atom stereocenters. The van der Waals surface area contributed by atoms with E-state index in [1.165, 1.54) is 0 Å². The summed E-state index contributed by atoms with van der Waals surface area (Å²) in [6.07, 6.45) is 6.26. The van der Waals surface area contributed by atoms with Crippen LogP contribution in [0.4, 0.5) is 0 Å². The number of aliphatic hydroxyl groups is 1. The van der Waals surface area contributed by atoms with Crippen molar-refractivity contribution in [2.75, 3.05) is 6.54 Å². The van der Waals surface area contributed by atoms with E-state index in [9.17, 15) is 5.11 Å². The van der Waals surface area contributed by atoms with Crippen molar-refractivity contribution in [1.29, 1.82) is 0 Å². The lowest BCUT2D eigenvalue weighted by Crippen LogP contribution is -2.56. The zero-order chi connectivity index (χ0) is 7.19. The van der Waals surface area contributed by atoms with Gasteiger partial charge < -0.3 is 10.8 Å². The minimum atomic E-state index is -0.520. The summed E-state index contributed by atoms with van der Waals surface area (Å²) in [6.45, 7) is 0.426. The standard InChI is InChI=1S/C8H13NO/c9-5-8(10)4-6-2-1-3-7(6)8/h1-2,6-7,10H,3-5,9H2/t6-,7+,8-/m1/s1. The smallest absolute Gasteiger partial charge is 0.0811 e. The molecular formula is C8H13NO. The van der Waals surface area contributed by atoms with Crippen LogP contribution in [0.25, 0.3) is 0 Å². The molecule has 0 amide bonds. The zero-order valence-electron chi connectivity index (χ0n) is 5.96. The molecule has 56 valence electrons. The van der Waals surface area contributed by atoms with Crippen LogP contribution < -0.4 is 5.73 Å². The van der Waals surface area contributed by atoms with Crippen molar-refractivity contribution in [3.63, 3.8) is 0 Å². The van der Waals surface area contributed by atoms with Crippen LogP contribution in [0.1, 0.15) is 12.8 Å². The Bertz CT molecular complexity index is 178. The van der Waals surface area contributed by atoms with E-state index >= 15 is 0 Å². The van der Waals surface area contributed by atoms with Gasteiger partial charge in [-0.3, -0.25) is 0 Å². The van der Waals surface area contributed by atoms with Crippen LogP contribution in [0.2, 0.25) is 0 Å². The Labute approximate surface area is 60.7 Å². The Morgan fingerprint density at radius 1 is 1.70 bits per heavy atom. The third-order valence-corrected chi connectivity index (χ3v) is 2.92. The third kappa shape index (κ3) is 0.607. The fourth-order valence-corrected chi connectivity index (χ4v) is 2.17. The first-order valence-electron chi connectivity index (χ1n) is 3.85. The highest BCUT2D eigenvalue weighted by atomic mass is 16.3. The van der Waals surface area contributed by atoms with E-state index < -0.39 is 5.60 Å². The summed E-state index contributed by atoms with van der Waals surface area (Å²) >= 11 is 0. The van der Waals surface area contributed by atoms with Crippen molar-refractivity contribution in [3.8, 4) is 0 Å². The van der Waals surface area contributed by atoms with Gasteiger partial charge in [0.2, 0.25) is 0 Å². The van der Waals surface area contributed by atoms with E-state index in [1.54, 1.807) is 0 Å². The van der Waals surface area contributed by atoms with Gasteiger partial charge in [0.15, 0.2) is 0 Å². The van der Waals surface area contributed by atoms with Crippen LogP contribution in [0, 0.1) is 11.8 Å². The van der Waals surface area contributed by atoms with Crippen LogP contribution in [0.15, 0.2) is 12.2 Å². The van der Waals surface area contributed by atoms with Crippen LogP contribution >= 0.6 is 0 Å². The molecule has 10 heavy (non-hydrogen) atoms. The SMILES string of the molecule is NC[C@]1(O)C[C@H]2C=CC[C@@H]21. The van der Waals surface area contributed by atoms with Crippen molar-refractivity contribution < 1.29 is 5.11 Å². The summed E-state index contributed by atoms with van der Waals surface area (Å²) in [5, 5.41) is 9.72. The fraction of sp³-hybridized carbons (Fsp3) is 0.750. The quantitative estimate of drug-likeness (QED) is 0.512. The number of rotatable bonds is 1. The van der Waals surface area contributed by atoms with Crippen molar-refractivity contribution in [2.24, 2.45) is 17.6 Å². The molecule has 2 nitrogen and oxygen atoms in total. The first-order valence-corrected chi connectivity index (χ1v) is 3.85. The summed E-state index contributed by atoms with van der Waals surface area (Å²) in [4.78, 5) is 0. The first-order chi connectivity index (χ1) is 4.76. The Hall–Kier alpha value is -0.340. The predicted octanol–water partition coefficient (Wildman–Crippen LogP) is 0.272. The lowest BCUT2D eigenvalue weighted by Gasteiger charge is -2.47. The summed E-state index contributed by atoms with van der Waals surface area (Å²) in [7, 11) is 0. The van der Waals surface area contributed by atoms with Crippen LogP contribution in [0.3, 0.4) is 0 Å². The van der Waals surface area contributed by atoms with Crippen molar-refractivity contribution in [2.45, 2.75) is 18.4 Å². The lowest BCUT2D eigenvalue weighted by molar-refractivity contribution is -0.108. The van der Waals surface area contributed by atoms with Crippen molar-refractivity contribution in [3.05, 3.63) is 12.2 Å². The number of nitrogens with two attached hydrogens (primary N) is 1. The second-order valence-corrected chi connectivity index (χ2v) is 3.45. The Kier molecular flexibility index (Phi) is 1.17. The minimum Gasteiger partial charge on any atom is -0.388 e. The van der Waals surface area contributed by atoms with E-state index in [2.05, 4.69) is 12.2 Å². The van der Waals surface area contributed by atoms with Gasteiger partial charge in [-0.05, 0) is 24.7 Å². The first kappa shape index (κ1) is 6.38. The molecule has 0 aromatic heterocycles. The summed E-state index contributed by atoms with van der Waals surface area (Å²) < 4.78 is 0. The molecule has 0 radical (unpaired) electrons. The molecular weight excluding hydrogens is 126 g/mol. The molecule has 2 aliphatic rings. The zero-order valence-corrected chi connectivity index (χ0v) is 5.96. The summed E-state index contributed by atoms with van der Waals surface area (Å²) in [6, 6.07) is 0. The molecule has 0 aromatic carbocycles. The topological polar surface area (TPSA) is 46.2 Å². The van der Waals surface area contributed by atoms with Gasteiger partial charge in [0.05, 0.1) is 5.60 Å². The summed E-state index contributed by atoms with van der Waals surface area (Å²) in [5.74, 6) is 1.08. The van der Waals surface area contributed by atoms with Crippen molar-refractivity contribution >= 4 is 0 Å². The largest absolute Gasteiger partial charge is 0.388 e. The predicted molar refractivity (Wildman–Crippen MR) is 39.4 cm³/mol. The molecule has 0 saturated heterocycles. The number of allylic oxidation sites excluding steroid dienone is 2. The highest BCUT2D eigenvalue weighted by Crippen LogP contribution is 2.49. The van der Waals surface area contributed by atoms with Crippen LogP contribution in [-0.4, -0.2) is 17.3 Å². The van der Waals surface area contributed by atoms with Gasteiger partial charge in [-0.25, -0.2) is 0 Å². The van der Waals surface area contributed by atoms with E-state index in [-0.39, 0.29) is 0 Å². The molecule has 2 rings (SSSR count). The molecule has 0 spiro atoms. The van der Waals surface area contributed by atoms with E-state index in [4.69, 9.17) is 5.73 Å². The molecule has 1 fully saturated rings. The highest BCUT2D eigenvalue weighted by molar-refractivity contribution is 5.16. The maximum absolute atomic E-state index is 9.72. The average molecular weight is 139 g/mol. The second kappa shape index (κ2) is 1.83. The Balaban J connectivity index is 2.08. The number of hydrogen-bond acceptors (Lipinski definition) is 2. The highest BCUT2D eigenvalue weighted by Gasteiger charge is 2.51. The van der Waals surface area contributed by atoms with Gasteiger partial charge in [0.25, 0.3) is 0 Å². The maximum Gasteiger partial charge on any atom is 0.0811 e. The van der Waals surface area contributed by atoms with Crippen LogP contribution in [0.5, 0.6) is 0 Å². The second-order valence-electron chi connectivity index (χ2n) is 3.45. The van der Waals surface area contributed by atoms with Gasteiger partial charge >= 0.3 is 0 Å².